The van der Waals surface area contributed by atoms with Crippen molar-refractivity contribution in [2.75, 3.05) is 5.32 Å². The molecule has 4 bridgehead atoms. The van der Waals surface area contributed by atoms with Crippen LogP contribution in [0.2, 0.25) is 5.02 Å². The number of hydrogen-bond donors (Lipinski definition) is 1. The van der Waals surface area contributed by atoms with E-state index in [0.717, 1.165) is 19.3 Å². The van der Waals surface area contributed by atoms with Gasteiger partial charge in [0.2, 0.25) is 5.91 Å². The van der Waals surface area contributed by atoms with Gasteiger partial charge in [-0.25, -0.2) is 4.98 Å². The third-order valence-electron chi connectivity index (χ3n) is 7.71. The number of nitrogens with one attached hydrogen (secondary N) is 1. The minimum absolute atomic E-state index is 0.124. The number of rotatable bonds is 5. The second-order valence-electron chi connectivity index (χ2n) is 10.1. The summed E-state index contributed by atoms with van der Waals surface area (Å²) in [4.78, 5) is 30.4. The van der Waals surface area contributed by atoms with Crippen LogP contribution in [0.3, 0.4) is 0 Å². The van der Waals surface area contributed by atoms with Crippen LogP contribution in [0, 0.1) is 23.2 Å². The summed E-state index contributed by atoms with van der Waals surface area (Å²) in [5.41, 5.74) is 1.25. The zero-order valence-corrected chi connectivity index (χ0v) is 19.1. The van der Waals surface area contributed by atoms with E-state index < -0.39 is 0 Å². The van der Waals surface area contributed by atoms with Gasteiger partial charge in [-0.15, -0.1) is 0 Å². The van der Waals surface area contributed by atoms with E-state index in [1.165, 1.54) is 29.7 Å². The van der Waals surface area contributed by atoms with E-state index in [-0.39, 0.29) is 23.5 Å². The third kappa shape index (κ3) is 3.80. The van der Waals surface area contributed by atoms with E-state index in [9.17, 15) is 9.59 Å². The summed E-state index contributed by atoms with van der Waals surface area (Å²) < 4.78 is 7.43. The highest BCUT2D eigenvalue weighted by Gasteiger charge is 2.54. The van der Waals surface area contributed by atoms with Crippen LogP contribution < -0.4 is 15.6 Å². The minimum atomic E-state index is -0.224. The molecule has 0 aliphatic heterocycles. The molecule has 1 N–H and O–H groups in total. The highest BCUT2D eigenvalue weighted by molar-refractivity contribution is 6.30. The number of para-hydroxylation sites is 2. The van der Waals surface area contributed by atoms with Gasteiger partial charge >= 0.3 is 0 Å². The molecule has 2 heterocycles. The number of halogens is 1. The molecule has 1 amide bonds. The minimum Gasteiger partial charge on any atom is -0.485 e. The zero-order valence-electron chi connectivity index (χ0n) is 18.3. The first kappa shape index (κ1) is 20.7. The number of carbonyl (C=O) groups is 1. The first-order valence-electron chi connectivity index (χ1n) is 11.7. The predicted molar refractivity (Wildman–Crippen MR) is 126 cm³/mol. The van der Waals surface area contributed by atoms with Crippen molar-refractivity contribution in [1.29, 1.82) is 0 Å². The summed E-state index contributed by atoms with van der Waals surface area (Å²) in [7, 11) is 0. The Labute approximate surface area is 196 Å². The quantitative estimate of drug-likeness (QED) is 0.572. The number of carbonyl (C=O) groups excluding carboxylic acids is 1. The third-order valence-corrected chi connectivity index (χ3v) is 7.93. The van der Waals surface area contributed by atoms with Crippen LogP contribution in [0.25, 0.3) is 5.65 Å². The van der Waals surface area contributed by atoms with Crippen molar-refractivity contribution in [1.82, 2.24) is 9.38 Å². The van der Waals surface area contributed by atoms with Crippen LogP contribution in [0.15, 0.2) is 53.5 Å². The number of pyridine rings is 1. The highest BCUT2D eigenvalue weighted by Crippen LogP contribution is 2.60. The number of anilines is 1. The van der Waals surface area contributed by atoms with Gasteiger partial charge in [0.25, 0.3) is 5.56 Å². The molecule has 0 spiro atoms. The Hall–Kier alpha value is -2.86. The number of aromatic nitrogens is 2. The number of fused-ring (bicyclic) bond motifs is 1. The van der Waals surface area contributed by atoms with Crippen LogP contribution in [0.1, 0.15) is 44.2 Å². The van der Waals surface area contributed by atoms with E-state index in [1.807, 2.05) is 24.3 Å². The summed E-state index contributed by atoms with van der Waals surface area (Å²) in [6, 6.07) is 12.3. The average molecular weight is 464 g/mol. The maximum atomic E-state index is 13.5. The molecule has 0 radical (unpaired) electrons. The van der Waals surface area contributed by atoms with Gasteiger partial charge in [-0.3, -0.25) is 14.0 Å². The Balaban J connectivity index is 1.20. The molecule has 4 fully saturated rings. The summed E-state index contributed by atoms with van der Waals surface area (Å²) in [5.74, 6) is 2.84. The van der Waals surface area contributed by atoms with Crippen LogP contribution in [-0.4, -0.2) is 15.3 Å². The predicted octanol–water partition coefficient (Wildman–Crippen LogP) is 5.08. The summed E-state index contributed by atoms with van der Waals surface area (Å²) in [5, 5.41) is 3.66. The number of benzene rings is 1. The normalized spacial score (nSPS) is 27.6. The van der Waals surface area contributed by atoms with E-state index >= 15 is 0 Å². The van der Waals surface area contributed by atoms with Gasteiger partial charge in [-0.05, 0) is 80.5 Å². The van der Waals surface area contributed by atoms with E-state index in [4.69, 9.17) is 16.3 Å². The first-order valence-corrected chi connectivity index (χ1v) is 12.1. The van der Waals surface area contributed by atoms with Gasteiger partial charge in [0, 0.05) is 12.3 Å². The molecule has 6 nitrogen and oxygen atoms in total. The number of nitrogens with zero attached hydrogens (tertiary/aromatic N) is 2. The molecule has 4 aliphatic rings. The lowest BCUT2D eigenvalue weighted by Gasteiger charge is -2.55. The second kappa shape index (κ2) is 7.87. The molecule has 3 aromatic rings. The molecule has 7 heteroatoms. The van der Waals surface area contributed by atoms with Crippen LogP contribution in [0.4, 0.5) is 5.69 Å². The average Bonchev–Trinajstić information content (AvgIpc) is 2.78. The van der Waals surface area contributed by atoms with Crippen molar-refractivity contribution in [3.05, 3.63) is 69.7 Å². The molecular weight excluding hydrogens is 438 g/mol. The topological polar surface area (TPSA) is 72.7 Å². The molecule has 4 aliphatic carbocycles. The smallest absolute Gasteiger partial charge is 0.258 e. The van der Waals surface area contributed by atoms with Crippen molar-refractivity contribution < 1.29 is 9.53 Å². The van der Waals surface area contributed by atoms with Gasteiger partial charge in [-0.2, -0.15) is 0 Å². The SMILES string of the molecule is O=C(Nc1ccccc1OCc1cc(=O)n2cc(Cl)ccc2n1)C12CC3CC(CC(C3)C1)C2. The van der Waals surface area contributed by atoms with Gasteiger partial charge in [0.05, 0.1) is 21.8 Å². The van der Waals surface area contributed by atoms with Crippen molar-refractivity contribution in [3.63, 3.8) is 0 Å². The van der Waals surface area contributed by atoms with Crippen molar-refractivity contribution >= 4 is 28.8 Å². The van der Waals surface area contributed by atoms with E-state index in [0.29, 0.717) is 45.6 Å². The molecule has 0 atom stereocenters. The molecule has 33 heavy (non-hydrogen) atoms. The van der Waals surface area contributed by atoms with Crippen molar-refractivity contribution in [3.8, 4) is 5.75 Å². The summed E-state index contributed by atoms with van der Waals surface area (Å²) in [6.45, 7) is 0.124. The van der Waals surface area contributed by atoms with Crippen LogP contribution >= 0.6 is 11.6 Å². The fraction of sp³-hybridized carbons (Fsp3) is 0.423. The van der Waals surface area contributed by atoms with Crippen molar-refractivity contribution in [2.24, 2.45) is 23.2 Å². The molecule has 7 rings (SSSR count). The first-order chi connectivity index (χ1) is 16.0. The Morgan fingerprint density at radius 1 is 1.09 bits per heavy atom. The Morgan fingerprint density at radius 3 is 2.52 bits per heavy atom. The maximum absolute atomic E-state index is 13.5. The lowest BCUT2D eigenvalue weighted by molar-refractivity contribution is -0.140. The molecule has 2 aromatic heterocycles. The fourth-order valence-electron chi connectivity index (χ4n) is 6.69. The Morgan fingerprint density at radius 2 is 1.79 bits per heavy atom. The summed E-state index contributed by atoms with van der Waals surface area (Å²) >= 11 is 5.98. The fourth-order valence-corrected chi connectivity index (χ4v) is 6.85. The van der Waals surface area contributed by atoms with Crippen LogP contribution in [-0.2, 0) is 11.4 Å². The highest BCUT2D eigenvalue weighted by atomic mass is 35.5. The lowest BCUT2D eigenvalue weighted by Crippen LogP contribution is -2.51. The van der Waals surface area contributed by atoms with Gasteiger partial charge in [-0.1, -0.05) is 23.7 Å². The van der Waals surface area contributed by atoms with Gasteiger partial charge in [0.15, 0.2) is 0 Å². The molecule has 0 saturated heterocycles. The molecule has 0 unspecified atom stereocenters. The van der Waals surface area contributed by atoms with E-state index in [2.05, 4.69) is 10.3 Å². The van der Waals surface area contributed by atoms with E-state index in [1.54, 1.807) is 18.3 Å². The standard InChI is InChI=1S/C26H26ClN3O3/c27-19-5-6-23-28-20(10-24(31)30(23)14-19)15-33-22-4-2-1-3-21(22)29-25(32)26-11-16-7-17(12-26)9-18(8-16)13-26/h1-6,10,14,16-18H,7-9,11-13,15H2,(H,29,32). The largest absolute Gasteiger partial charge is 0.485 e. The molecule has 170 valence electrons. The second-order valence-corrected chi connectivity index (χ2v) is 10.5. The number of hydrogen-bond acceptors (Lipinski definition) is 4. The Bertz CT molecular complexity index is 1270. The monoisotopic (exact) mass is 463 g/mol. The molecule has 1 aromatic carbocycles. The number of amides is 1. The maximum Gasteiger partial charge on any atom is 0.258 e. The zero-order chi connectivity index (χ0) is 22.6. The van der Waals surface area contributed by atoms with Gasteiger partial charge in [0.1, 0.15) is 18.0 Å². The molecular formula is C26H26ClN3O3. The summed E-state index contributed by atoms with van der Waals surface area (Å²) in [6.07, 6.45) is 8.51. The molecule has 4 saturated carbocycles. The van der Waals surface area contributed by atoms with Crippen molar-refractivity contribution in [2.45, 2.75) is 45.1 Å². The number of ether oxygens (including phenoxy) is 1. The Kier molecular flexibility index (Phi) is 4.94. The lowest BCUT2D eigenvalue weighted by atomic mass is 9.49. The van der Waals surface area contributed by atoms with Crippen LogP contribution in [0.5, 0.6) is 5.75 Å². The van der Waals surface area contributed by atoms with Gasteiger partial charge < -0.3 is 10.1 Å².